The first-order chi connectivity index (χ1) is 9.89. The lowest BCUT2D eigenvalue weighted by molar-refractivity contribution is -0.114. The predicted molar refractivity (Wildman–Crippen MR) is 78.4 cm³/mol. The van der Waals surface area contributed by atoms with Gasteiger partial charge in [-0.25, -0.2) is 13.1 Å². The van der Waals surface area contributed by atoms with Crippen LogP contribution < -0.4 is 10.0 Å². The van der Waals surface area contributed by atoms with E-state index in [9.17, 15) is 13.2 Å². The molecule has 0 saturated heterocycles. The Bertz CT molecular complexity index is 552. The third-order valence-electron chi connectivity index (χ3n) is 2.68. The van der Waals surface area contributed by atoms with Gasteiger partial charge in [0.25, 0.3) is 0 Å². The molecule has 2 N–H and O–H groups in total. The molecule has 21 heavy (non-hydrogen) atoms. The summed E-state index contributed by atoms with van der Waals surface area (Å²) in [5, 5.41) is 2.57. The molecule has 0 aliphatic rings. The van der Waals surface area contributed by atoms with Gasteiger partial charge >= 0.3 is 0 Å². The Balaban J connectivity index is 2.63. The number of carbonyl (C=O) groups excluding carboxylic acids is 1. The van der Waals surface area contributed by atoms with Crippen molar-refractivity contribution in [2.24, 2.45) is 0 Å². The lowest BCUT2D eigenvalue weighted by atomic mass is 10.3. The summed E-state index contributed by atoms with van der Waals surface area (Å²) in [6.45, 7) is 1.58. The van der Waals surface area contributed by atoms with E-state index in [-0.39, 0.29) is 17.3 Å². The summed E-state index contributed by atoms with van der Waals surface area (Å²) in [5.41, 5.74) is 0.542. The van der Waals surface area contributed by atoms with Gasteiger partial charge in [0.2, 0.25) is 15.9 Å². The zero-order chi connectivity index (χ0) is 15.9. The summed E-state index contributed by atoms with van der Waals surface area (Å²) in [6.07, 6.45) is -0.0502. The van der Waals surface area contributed by atoms with Crippen molar-refractivity contribution in [3.05, 3.63) is 24.3 Å². The normalized spacial score (nSPS) is 11.6. The number of carbonyl (C=O) groups is 1. The van der Waals surface area contributed by atoms with Gasteiger partial charge in [0.15, 0.2) is 6.29 Å². The number of hydrogen-bond donors (Lipinski definition) is 2. The van der Waals surface area contributed by atoms with Crippen molar-refractivity contribution in [3.8, 4) is 0 Å². The maximum Gasteiger partial charge on any atom is 0.240 e. The van der Waals surface area contributed by atoms with E-state index in [2.05, 4.69) is 10.0 Å². The molecule has 1 amide bonds. The molecule has 0 aromatic heterocycles. The molecular weight excluding hydrogens is 296 g/mol. The molecule has 1 aromatic carbocycles. The summed E-state index contributed by atoms with van der Waals surface area (Å²) in [4.78, 5) is 11.0. The SMILES string of the molecule is COC(CCNS(=O)(=O)c1ccc(NC(C)=O)cc1)OC. The van der Waals surface area contributed by atoms with Gasteiger partial charge in [-0.3, -0.25) is 4.79 Å². The molecule has 0 atom stereocenters. The van der Waals surface area contributed by atoms with Crippen LogP contribution in [-0.2, 0) is 24.3 Å². The van der Waals surface area contributed by atoms with E-state index in [1.165, 1.54) is 45.4 Å². The van der Waals surface area contributed by atoms with Crippen LogP contribution in [0.5, 0.6) is 0 Å². The second-order valence-corrected chi connectivity index (χ2v) is 6.06. The first-order valence-electron chi connectivity index (χ1n) is 6.32. The van der Waals surface area contributed by atoms with Crippen LogP contribution in [0.2, 0.25) is 0 Å². The highest BCUT2D eigenvalue weighted by Crippen LogP contribution is 2.14. The third-order valence-corrected chi connectivity index (χ3v) is 4.16. The van der Waals surface area contributed by atoms with Gasteiger partial charge < -0.3 is 14.8 Å². The van der Waals surface area contributed by atoms with Gasteiger partial charge in [0.05, 0.1) is 4.90 Å². The number of hydrogen-bond acceptors (Lipinski definition) is 5. The van der Waals surface area contributed by atoms with Crippen LogP contribution in [0.3, 0.4) is 0 Å². The smallest absolute Gasteiger partial charge is 0.240 e. The molecule has 1 aromatic rings. The standard InChI is InChI=1S/C13H20N2O5S/c1-10(16)15-11-4-6-12(7-5-11)21(17,18)14-9-8-13(19-2)20-3/h4-7,13-14H,8-9H2,1-3H3,(H,15,16). The average Bonchev–Trinajstić information content (AvgIpc) is 2.43. The summed E-state index contributed by atoms with van der Waals surface area (Å²) in [7, 11) is -0.612. The van der Waals surface area contributed by atoms with Crippen LogP contribution in [0.4, 0.5) is 5.69 Å². The number of nitrogens with one attached hydrogen (secondary N) is 2. The summed E-state index contributed by atoms with van der Waals surface area (Å²) < 4.78 is 36.5. The maximum atomic E-state index is 12.0. The maximum absolute atomic E-state index is 12.0. The fourth-order valence-electron chi connectivity index (χ4n) is 1.65. The average molecular weight is 316 g/mol. The van der Waals surface area contributed by atoms with E-state index in [1.54, 1.807) is 0 Å². The molecule has 0 spiro atoms. The van der Waals surface area contributed by atoms with Gasteiger partial charge in [-0.15, -0.1) is 0 Å². The number of rotatable bonds is 8. The molecule has 8 heteroatoms. The largest absolute Gasteiger partial charge is 0.356 e. The van der Waals surface area contributed by atoms with Crippen molar-refractivity contribution in [1.82, 2.24) is 4.72 Å². The van der Waals surface area contributed by atoms with E-state index in [1.807, 2.05) is 0 Å². The number of ether oxygens (including phenoxy) is 2. The molecule has 7 nitrogen and oxygen atoms in total. The highest BCUT2D eigenvalue weighted by Gasteiger charge is 2.14. The third kappa shape index (κ3) is 5.80. The fraction of sp³-hybridized carbons (Fsp3) is 0.462. The summed E-state index contributed by atoms with van der Waals surface area (Å²) in [5.74, 6) is -0.214. The first kappa shape index (κ1) is 17.6. The molecule has 0 aliphatic heterocycles. The van der Waals surface area contributed by atoms with E-state index in [0.717, 1.165) is 0 Å². The molecule has 0 bridgehead atoms. The van der Waals surface area contributed by atoms with Crippen LogP contribution in [0.25, 0.3) is 0 Å². The minimum Gasteiger partial charge on any atom is -0.356 e. The van der Waals surface area contributed by atoms with Crippen molar-refractivity contribution in [2.45, 2.75) is 24.5 Å². The van der Waals surface area contributed by atoms with E-state index < -0.39 is 16.3 Å². The first-order valence-corrected chi connectivity index (χ1v) is 7.80. The van der Waals surface area contributed by atoms with Crippen molar-refractivity contribution in [2.75, 3.05) is 26.1 Å². The van der Waals surface area contributed by atoms with Gasteiger partial charge in [0.1, 0.15) is 0 Å². The van der Waals surface area contributed by atoms with Crippen molar-refractivity contribution >= 4 is 21.6 Å². The molecule has 0 heterocycles. The molecule has 0 unspecified atom stereocenters. The van der Waals surface area contributed by atoms with Crippen molar-refractivity contribution in [1.29, 1.82) is 0 Å². The molecule has 1 rings (SSSR count). The fourth-order valence-corrected chi connectivity index (χ4v) is 2.69. The monoisotopic (exact) mass is 316 g/mol. The van der Waals surface area contributed by atoms with Crippen LogP contribution in [-0.4, -0.2) is 41.4 Å². The lowest BCUT2D eigenvalue weighted by Gasteiger charge is -2.13. The Hall–Kier alpha value is -1.48. The lowest BCUT2D eigenvalue weighted by Crippen LogP contribution is -2.28. The Kier molecular flexibility index (Phi) is 6.76. The van der Waals surface area contributed by atoms with Crippen molar-refractivity contribution in [3.63, 3.8) is 0 Å². The Labute approximate surface area is 124 Å². The minimum atomic E-state index is -3.59. The van der Waals surface area contributed by atoms with E-state index in [4.69, 9.17) is 9.47 Å². The second kappa shape index (κ2) is 8.08. The summed E-state index contributed by atoms with van der Waals surface area (Å²) in [6, 6.07) is 5.92. The van der Waals surface area contributed by atoms with Crippen LogP contribution in [0.1, 0.15) is 13.3 Å². The molecule has 118 valence electrons. The number of amides is 1. The zero-order valence-electron chi connectivity index (χ0n) is 12.3. The highest BCUT2D eigenvalue weighted by atomic mass is 32.2. The zero-order valence-corrected chi connectivity index (χ0v) is 13.1. The number of methoxy groups -OCH3 is 2. The van der Waals surface area contributed by atoms with Crippen LogP contribution >= 0.6 is 0 Å². The number of benzene rings is 1. The topological polar surface area (TPSA) is 93.7 Å². The quantitative estimate of drug-likeness (QED) is 0.696. The minimum absolute atomic E-state index is 0.128. The molecular formula is C13H20N2O5S. The van der Waals surface area contributed by atoms with Gasteiger partial charge in [0, 0.05) is 39.8 Å². The predicted octanol–water partition coefficient (Wildman–Crippen LogP) is 0.932. The summed E-state index contributed by atoms with van der Waals surface area (Å²) >= 11 is 0. The van der Waals surface area contributed by atoms with E-state index >= 15 is 0 Å². The molecule has 0 fully saturated rings. The number of sulfonamides is 1. The molecule has 0 radical (unpaired) electrons. The Morgan fingerprint density at radius 2 is 1.76 bits per heavy atom. The Morgan fingerprint density at radius 3 is 2.24 bits per heavy atom. The van der Waals surface area contributed by atoms with Gasteiger partial charge in [-0.1, -0.05) is 0 Å². The van der Waals surface area contributed by atoms with Crippen LogP contribution in [0.15, 0.2) is 29.2 Å². The van der Waals surface area contributed by atoms with Crippen molar-refractivity contribution < 1.29 is 22.7 Å². The van der Waals surface area contributed by atoms with Gasteiger partial charge in [-0.2, -0.15) is 0 Å². The van der Waals surface area contributed by atoms with Crippen LogP contribution in [0, 0.1) is 0 Å². The Morgan fingerprint density at radius 1 is 1.19 bits per heavy atom. The van der Waals surface area contributed by atoms with Gasteiger partial charge in [-0.05, 0) is 24.3 Å². The highest BCUT2D eigenvalue weighted by molar-refractivity contribution is 7.89. The molecule has 0 aliphatic carbocycles. The number of anilines is 1. The second-order valence-electron chi connectivity index (χ2n) is 4.29. The van der Waals surface area contributed by atoms with E-state index in [0.29, 0.717) is 12.1 Å². The molecule has 0 saturated carbocycles.